The third-order valence-electron chi connectivity index (χ3n) is 3.89. The van der Waals surface area contributed by atoms with Crippen LogP contribution >= 0.6 is 0 Å². The van der Waals surface area contributed by atoms with Gasteiger partial charge in [0.25, 0.3) is 5.91 Å². The number of nitrogens with one attached hydrogen (secondary N) is 1. The molecule has 0 aromatic heterocycles. The summed E-state index contributed by atoms with van der Waals surface area (Å²) in [6.07, 6.45) is 1.38. The Labute approximate surface area is 172 Å². The van der Waals surface area contributed by atoms with Crippen molar-refractivity contribution in [3.8, 4) is 11.5 Å². The molecule has 1 amide bonds. The Kier molecular flexibility index (Phi) is 6.68. The minimum Gasteiger partial charge on any atom is -0.426 e. The van der Waals surface area contributed by atoms with Gasteiger partial charge < -0.3 is 9.47 Å². The number of hydrazone groups is 1. The van der Waals surface area contributed by atoms with E-state index in [0.29, 0.717) is 11.1 Å². The number of nitrogens with zero attached hydrogens (tertiary/aromatic N) is 1. The lowest BCUT2D eigenvalue weighted by atomic mass is 10.2. The fourth-order valence-electron chi connectivity index (χ4n) is 2.53. The number of rotatable bonds is 6. The van der Waals surface area contributed by atoms with Crippen LogP contribution in [-0.4, -0.2) is 24.1 Å². The molecule has 0 spiro atoms. The van der Waals surface area contributed by atoms with E-state index in [1.165, 1.54) is 25.3 Å². The van der Waals surface area contributed by atoms with Crippen LogP contribution in [0, 0.1) is 0 Å². The van der Waals surface area contributed by atoms with Gasteiger partial charge in [0.15, 0.2) is 0 Å². The SMILES string of the molecule is CC(=O)Oc1ccccc1C(=O)Oc1ccccc1/C=N\NC(=O)c1ccccc1. The van der Waals surface area contributed by atoms with Crippen LogP contribution in [0.5, 0.6) is 11.5 Å². The van der Waals surface area contributed by atoms with Crippen LogP contribution in [0.4, 0.5) is 0 Å². The van der Waals surface area contributed by atoms with E-state index in [9.17, 15) is 14.4 Å². The Balaban J connectivity index is 1.74. The molecule has 0 aliphatic rings. The van der Waals surface area contributed by atoms with Crippen LogP contribution in [0.25, 0.3) is 0 Å². The molecule has 0 radical (unpaired) electrons. The summed E-state index contributed by atoms with van der Waals surface area (Å²) in [5, 5.41) is 3.93. The van der Waals surface area contributed by atoms with E-state index in [-0.39, 0.29) is 23.0 Å². The molecule has 0 unspecified atom stereocenters. The summed E-state index contributed by atoms with van der Waals surface area (Å²) in [5.74, 6) is -1.26. The van der Waals surface area contributed by atoms with Crippen molar-refractivity contribution < 1.29 is 23.9 Å². The van der Waals surface area contributed by atoms with Crippen LogP contribution in [0.3, 0.4) is 0 Å². The standard InChI is InChI=1S/C23H18N2O5/c1-16(26)29-21-14-8-6-12-19(21)23(28)30-20-13-7-5-11-18(20)15-24-25-22(27)17-9-3-2-4-10-17/h2-15H,1H3,(H,25,27)/b24-15-. The number of carbonyl (C=O) groups is 3. The fourth-order valence-corrected chi connectivity index (χ4v) is 2.53. The first-order valence-corrected chi connectivity index (χ1v) is 9.01. The van der Waals surface area contributed by atoms with Gasteiger partial charge in [-0.25, -0.2) is 10.2 Å². The number of para-hydroxylation sites is 2. The highest BCUT2D eigenvalue weighted by Crippen LogP contribution is 2.22. The third-order valence-corrected chi connectivity index (χ3v) is 3.89. The van der Waals surface area contributed by atoms with Crippen molar-refractivity contribution >= 4 is 24.1 Å². The van der Waals surface area contributed by atoms with Gasteiger partial charge in [0.05, 0.1) is 6.21 Å². The molecule has 7 heteroatoms. The molecule has 3 rings (SSSR count). The minimum absolute atomic E-state index is 0.108. The van der Waals surface area contributed by atoms with Crippen LogP contribution in [0.2, 0.25) is 0 Å². The van der Waals surface area contributed by atoms with Gasteiger partial charge in [-0.3, -0.25) is 9.59 Å². The highest BCUT2D eigenvalue weighted by Gasteiger charge is 2.17. The van der Waals surface area contributed by atoms with Crippen molar-refractivity contribution in [2.24, 2.45) is 5.10 Å². The average molecular weight is 402 g/mol. The monoisotopic (exact) mass is 402 g/mol. The van der Waals surface area contributed by atoms with E-state index < -0.39 is 11.9 Å². The summed E-state index contributed by atoms with van der Waals surface area (Å²) < 4.78 is 10.5. The predicted octanol–water partition coefficient (Wildman–Crippen LogP) is 3.60. The maximum Gasteiger partial charge on any atom is 0.347 e. The minimum atomic E-state index is -0.693. The van der Waals surface area contributed by atoms with Crippen molar-refractivity contribution in [1.29, 1.82) is 0 Å². The molecule has 1 N–H and O–H groups in total. The van der Waals surface area contributed by atoms with Crippen molar-refractivity contribution in [2.75, 3.05) is 0 Å². The fraction of sp³-hybridized carbons (Fsp3) is 0.0435. The number of hydrogen-bond donors (Lipinski definition) is 1. The van der Waals surface area contributed by atoms with Crippen LogP contribution in [0.1, 0.15) is 33.2 Å². The Morgan fingerprint density at radius 3 is 2.17 bits per heavy atom. The molecule has 0 aliphatic carbocycles. The van der Waals surface area contributed by atoms with E-state index in [1.54, 1.807) is 60.7 Å². The molecule has 0 atom stereocenters. The van der Waals surface area contributed by atoms with Gasteiger partial charge in [0.2, 0.25) is 0 Å². The lowest BCUT2D eigenvalue weighted by Gasteiger charge is -2.10. The van der Waals surface area contributed by atoms with Crippen LogP contribution < -0.4 is 14.9 Å². The van der Waals surface area contributed by atoms with E-state index >= 15 is 0 Å². The van der Waals surface area contributed by atoms with E-state index in [2.05, 4.69) is 10.5 Å². The van der Waals surface area contributed by atoms with Crippen molar-refractivity contribution in [2.45, 2.75) is 6.92 Å². The molecule has 0 saturated carbocycles. The van der Waals surface area contributed by atoms with Gasteiger partial charge in [0.1, 0.15) is 17.1 Å². The maximum atomic E-state index is 12.6. The Morgan fingerprint density at radius 1 is 0.800 bits per heavy atom. The normalized spacial score (nSPS) is 10.4. The van der Waals surface area contributed by atoms with Crippen LogP contribution in [0.15, 0.2) is 84.0 Å². The zero-order valence-electron chi connectivity index (χ0n) is 16.1. The molecule has 30 heavy (non-hydrogen) atoms. The van der Waals surface area contributed by atoms with E-state index in [4.69, 9.17) is 9.47 Å². The topological polar surface area (TPSA) is 94.1 Å². The molecule has 0 heterocycles. The first kappa shape index (κ1) is 20.5. The molecule has 0 saturated heterocycles. The largest absolute Gasteiger partial charge is 0.426 e. The number of ether oxygens (including phenoxy) is 2. The Bertz CT molecular complexity index is 1090. The summed E-state index contributed by atoms with van der Waals surface area (Å²) in [4.78, 5) is 35.9. The van der Waals surface area contributed by atoms with Crippen molar-refractivity contribution in [3.63, 3.8) is 0 Å². The van der Waals surface area contributed by atoms with Crippen molar-refractivity contribution in [3.05, 3.63) is 95.6 Å². The summed E-state index contributed by atoms with van der Waals surface area (Å²) in [7, 11) is 0. The Morgan fingerprint density at radius 2 is 1.43 bits per heavy atom. The molecule has 3 aromatic rings. The smallest absolute Gasteiger partial charge is 0.347 e. The molecule has 3 aromatic carbocycles. The Hall–Kier alpha value is -4.26. The average Bonchev–Trinajstić information content (AvgIpc) is 2.75. The van der Waals surface area contributed by atoms with E-state index in [0.717, 1.165) is 0 Å². The number of esters is 2. The molecule has 0 bridgehead atoms. The van der Waals surface area contributed by atoms with Gasteiger partial charge in [-0.05, 0) is 36.4 Å². The number of hydrogen-bond acceptors (Lipinski definition) is 6. The molecule has 150 valence electrons. The molecule has 0 aliphatic heterocycles. The van der Waals surface area contributed by atoms with Crippen LogP contribution in [-0.2, 0) is 4.79 Å². The summed E-state index contributed by atoms with van der Waals surface area (Å²) >= 11 is 0. The lowest BCUT2D eigenvalue weighted by Crippen LogP contribution is -2.17. The molecular weight excluding hydrogens is 384 g/mol. The van der Waals surface area contributed by atoms with E-state index in [1.807, 2.05) is 6.07 Å². The maximum absolute atomic E-state index is 12.6. The first-order valence-electron chi connectivity index (χ1n) is 9.01. The van der Waals surface area contributed by atoms with Gasteiger partial charge in [-0.1, -0.05) is 42.5 Å². The molecule has 7 nitrogen and oxygen atoms in total. The molecular formula is C23H18N2O5. The van der Waals surface area contributed by atoms with Crippen molar-refractivity contribution in [1.82, 2.24) is 5.43 Å². The zero-order valence-corrected chi connectivity index (χ0v) is 16.1. The predicted molar refractivity (Wildman–Crippen MR) is 111 cm³/mol. The second-order valence-electron chi connectivity index (χ2n) is 6.08. The highest BCUT2D eigenvalue weighted by molar-refractivity contribution is 5.97. The summed E-state index contributed by atoms with van der Waals surface area (Å²) in [6.45, 7) is 1.25. The van der Waals surface area contributed by atoms with Gasteiger partial charge in [-0.15, -0.1) is 0 Å². The quantitative estimate of drug-likeness (QED) is 0.294. The van der Waals surface area contributed by atoms with Gasteiger partial charge in [0, 0.05) is 18.1 Å². The molecule has 0 fully saturated rings. The number of benzene rings is 3. The first-order chi connectivity index (χ1) is 14.5. The second-order valence-corrected chi connectivity index (χ2v) is 6.08. The number of carbonyl (C=O) groups excluding carboxylic acids is 3. The van der Waals surface area contributed by atoms with Gasteiger partial charge >= 0.3 is 11.9 Å². The number of amides is 1. The van der Waals surface area contributed by atoms with Gasteiger partial charge in [-0.2, -0.15) is 5.10 Å². The zero-order chi connectivity index (χ0) is 21.3. The summed E-state index contributed by atoms with van der Waals surface area (Å²) in [5.41, 5.74) is 3.48. The second kappa shape index (κ2) is 9.79. The summed E-state index contributed by atoms with van der Waals surface area (Å²) in [6, 6.07) is 21.6. The highest BCUT2D eigenvalue weighted by atomic mass is 16.5. The lowest BCUT2D eigenvalue weighted by molar-refractivity contribution is -0.131. The third kappa shape index (κ3) is 5.39.